The van der Waals surface area contributed by atoms with E-state index in [2.05, 4.69) is 53.2 Å². The zero-order chi connectivity index (χ0) is 15.1. The van der Waals surface area contributed by atoms with Crippen LogP contribution < -0.4 is 0 Å². The molecule has 1 unspecified atom stereocenters. The van der Waals surface area contributed by atoms with Crippen LogP contribution in [0.1, 0.15) is 39.6 Å². The summed E-state index contributed by atoms with van der Waals surface area (Å²) in [6.07, 6.45) is 0.676. The SMILES string of the molecule is CC(n1c(CCCl)nc2cc(F)c(Br)cc21)C(C)(C)C. The van der Waals surface area contributed by atoms with Gasteiger partial charge in [-0.15, -0.1) is 11.6 Å². The summed E-state index contributed by atoms with van der Waals surface area (Å²) >= 11 is 9.14. The van der Waals surface area contributed by atoms with Crippen molar-refractivity contribution in [2.24, 2.45) is 5.41 Å². The Morgan fingerprint density at radius 3 is 2.60 bits per heavy atom. The van der Waals surface area contributed by atoms with Crippen molar-refractivity contribution in [1.82, 2.24) is 9.55 Å². The Balaban J connectivity index is 2.71. The highest BCUT2D eigenvalue weighted by Crippen LogP contribution is 2.35. The molecule has 0 aliphatic carbocycles. The van der Waals surface area contributed by atoms with Crippen molar-refractivity contribution in [3.8, 4) is 0 Å². The lowest BCUT2D eigenvalue weighted by atomic mass is 9.87. The van der Waals surface area contributed by atoms with E-state index in [-0.39, 0.29) is 17.3 Å². The molecule has 0 aliphatic heterocycles. The first kappa shape index (κ1) is 15.8. The molecule has 20 heavy (non-hydrogen) atoms. The lowest BCUT2D eigenvalue weighted by molar-refractivity contribution is 0.263. The molecule has 1 atom stereocenters. The predicted molar refractivity (Wildman–Crippen MR) is 86.0 cm³/mol. The van der Waals surface area contributed by atoms with Crippen molar-refractivity contribution in [3.63, 3.8) is 0 Å². The van der Waals surface area contributed by atoms with Crippen LogP contribution in [-0.4, -0.2) is 15.4 Å². The standard InChI is InChI=1S/C15H19BrClFN2/c1-9(15(2,3)4)20-13-7-10(16)11(18)8-12(13)19-14(20)5-6-17/h7-9H,5-6H2,1-4H3. The van der Waals surface area contributed by atoms with Crippen LogP contribution in [0.2, 0.25) is 0 Å². The molecule has 0 aliphatic rings. The van der Waals surface area contributed by atoms with E-state index >= 15 is 0 Å². The van der Waals surface area contributed by atoms with Crippen LogP contribution in [0.15, 0.2) is 16.6 Å². The van der Waals surface area contributed by atoms with Gasteiger partial charge in [-0.1, -0.05) is 20.8 Å². The molecule has 5 heteroatoms. The minimum atomic E-state index is -0.289. The number of alkyl halides is 1. The van der Waals surface area contributed by atoms with E-state index in [4.69, 9.17) is 11.6 Å². The molecule has 1 aromatic heterocycles. The van der Waals surface area contributed by atoms with Gasteiger partial charge in [0.05, 0.1) is 15.5 Å². The number of imidazole rings is 1. The first-order chi connectivity index (χ1) is 9.25. The van der Waals surface area contributed by atoms with Crippen molar-refractivity contribution < 1.29 is 4.39 Å². The number of rotatable bonds is 3. The molecule has 0 fully saturated rings. The Bertz CT molecular complexity index is 631. The Kier molecular flexibility index (Phi) is 4.45. The minimum Gasteiger partial charge on any atom is -0.325 e. The summed E-state index contributed by atoms with van der Waals surface area (Å²) < 4.78 is 16.3. The number of nitrogens with zero attached hydrogens (tertiary/aromatic N) is 2. The summed E-state index contributed by atoms with van der Waals surface area (Å²) in [7, 11) is 0. The average molecular weight is 362 g/mol. The molecular weight excluding hydrogens is 343 g/mol. The molecule has 2 rings (SSSR count). The highest BCUT2D eigenvalue weighted by Gasteiger charge is 2.26. The Labute approximate surface area is 132 Å². The highest BCUT2D eigenvalue weighted by molar-refractivity contribution is 9.10. The molecule has 0 spiro atoms. The number of aryl methyl sites for hydroxylation is 1. The second-order valence-electron chi connectivity index (χ2n) is 6.13. The van der Waals surface area contributed by atoms with Gasteiger partial charge in [0, 0.05) is 24.4 Å². The average Bonchev–Trinajstić information content (AvgIpc) is 2.65. The van der Waals surface area contributed by atoms with Crippen molar-refractivity contribution in [2.45, 2.75) is 40.2 Å². The third-order valence-electron chi connectivity index (χ3n) is 3.76. The molecule has 0 saturated heterocycles. The molecule has 2 aromatic rings. The van der Waals surface area contributed by atoms with Gasteiger partial charge < -0.3 is 4.57 Å². The van der Waals surface area contributed by atoms with Gasteiger partial charge in [0.2, 0.25) is 0 Å². The molecule has 0 amide bonds. The van der Waals surface area contributed by atoms with Crippen LogP contribution in [0.5, 0.6) is 0 Å². The topological polar surface area (TPSA) is 17.8 Å². The summed E-state index contributed by atoms with van der Waals surface area (Å²) in [5.41, 5.74) is 1.71. The lowest BCUT2D eigenvalue weighted by Crippen LogP contribution is -2.23. The molecule has 1 aromatic carbocycles. The molecule has 0 N–H and O–H groups in total. The van der Waals surface area contributed by atoms with Gasteiger partial charge in [-0.2, -0.15) is 0 Å². The van der Waals surface area contributed by atoms with E-state index in [9.17, 15) is 4.39 Å². The summed E-state index contributed by atoms with van der Waals surface area (Å²) in [4.78, 5) is 4.56. The molecule has 1 heterocycles. The second kappa shape index (κ2) is 5.64. The van der Waals surface area contributed by atoms with Crippen LogP contribution in [0, 0.1) is 11.2 Å². The smallest absolute Gasteiger partial charge is 0.139 e. The van der Waals surface area contributed by atoms with Gasteiger partial charge in [-0.3, -0.25) is 0 Å². The number of fused-ring (bicyclic) bond motifs is 1. The maximum Gasteiger partial charge on any atom is 0.139 e. The van der Waals surface area contributed by atoms with Crippen molar-refractivity contribution in [1.29, 1.82) is 0 Å². The fourth-order valence-electron chi connectivity index (χ4n) is 2.22. The fourth-order valence-corrected chi connectivity index (χ4v) is 2.72. The van der Waals surface area contributed by atoms with Crippen LogP contribution in [0.3, 0.4) is 0 Å². The number of hydrogen-bond donors (Lipinski definition) is 0. The predicted octanol–water partition coefficient (Wildman–Crippen LogP) is 5.33. The third kappa shape index (κ3) is 2.86. The molecule has 0 bridgehead atoms. The summed E-state index contributed by atoms with van der Waals surface area (Å²) in [6, 6.07) is 3.52. The van der Waals surface area contributed by atoms with Gasteiger partial charge in [-0.05, 0) is 34.3 Å². The van der Waals surface area contributed by atoms with Crippen molar-refractivity contribution >= 4 is 38.6 Å². The van der Waals surface area contributed by atoms with E-state index in [1.54, 1.807) is 6.07 Å². The maximum absolute atomic E-state index is 13.7. The fraction of sp³-hybridized carbons (Fsp3) is 0.533. The van der Waals surface area contributed by atoms with Crippen LogP contribution in [0.4, 0.5) is 4.39 Å². The zero-order valence-electron chi connectivity index (χ0n) is 12.2. The van der Waals surface area contributed by atoms with Gasteiger partial charge >= 0.3 is 0 Å². The maximum atomic E-state index is 13.7. The second-order valence-corrected chi connectivity index (χ2v) is 7.37. The van der Waals surface area contributed by atoms with Crippen LogP contribution in [-0.2, 0) is 6.42 Å². The largest absolute Gasteiger partial charge is 0.325 e. The normalized spacial score (nSPS) is 13.9. The zero-order valence-corrected chi connectivity index (χ0v) is 14.5. The van der Waals surface area contributed by atoms with Gasteiger partial charge in [-0.25, -0.2) is 9.37 Å². The monoisotopic (exact) mass is 360 g/mol. The van der Waals surface area contributed by atoms with Gasteiger partial charge in [0.25, 0.3) is 0 Å². The van der Waals surface area contributed by atoms with Crippen LogP contribution >= 0.6 is 27.5 Å². The Morgan fingerprint density at radius 2 is 2.05 bits per heavy atom. The molecule has 0 radical (unpaired) electrons. The van der Waals surface area contributed by atoms with Gasteiger partial charge in [0.15, 0.2) is 0 Å². The van der Waals surface area contributed by atoms with E-state index in [0.29, 0.717) is 22.3 Å². The number of hydrogen-bond acceptors (Lipinski definition) is 1. The molecule has 110 valence electrons. The quantitative estimate of drug-likeness (QED) is 0.676. The summed E-state index contributed by atoms with van der Waals surface area (Å²) in [5, 5.41) is 0. The van der Waals surface area contributed by atoms with E-state index < -0.39 is 0 Å². The minimum absolute atomic E-state index is 0.0789. The first-order valence-electron chi connectivity index (χ1n) is 6.67. The van der Waals surface area contributed by atoms with Gasteiger partial charge in [0.1, 0.15) is 11.6 Å². The van der Waals surface area contributed by atoms with E-state index in [0.717, 1.165) is 11.3 Å². The number of benzene rings is 1. The highest BCUT2D eigenvalue weighted by atomic mass is 79.9. The number of aromatic nitrogens is 2. The Morgan fingerprint density at radius 1 is 1.40 bits per heavy atom. The lowest BCUT2D eigenvalue weighted by Gasteiger charge is -2.30. The third-order valence-corrected chi connectivity index (χ3v) is 4.56. The van der Waals surface area contributed by atoms with Crippen molar-refractivity contribution in [3.05, 3.63) is 28.2 Å². The molecule has 0 saturated carbocycles. The first-order valence-corrected chi connectivity index (χ1v) is 8.00. The summed E-state index contributed by atoms with van der Waals surface area (Å²) in [5.74, 6) is 1.13. The van der Waals surface area contributed by atoms with E-state index in [1.165, 1.54) is 6.07 Å². The Hall–Kier alpha value is -0.610. The number of halogens is 3. The van der Waals surface area contributed by atoms with Crippen LogP contribution in [0.25, 0.3) is 11.0 Å². The molecular formula is C15H19BrClFN2. The molecule has 2 nitrogen and oxygen atoms in total. The van der Waals surface area contributed by atoms with E-state index in [1.807, 2.05) is 0 Å². The van der Waals surface area contributed by atoms with Crippen molar-refractivity contribution in [2.75, 3.05) is 5.88 Å². The summed E-state index contributed by atoms with van der Waals surface area (Å²) in [6.45, 7) is 8.72.